The van der Waals surface area contributed by atoms with Crippen molar-refractivity contribution in [3.8, 4) is 0 Å². The number of rotatable bonds is 18. The molecule has 357 valence electrons. The van der Waals surface area contributed by atoms with E-state index in [9.17, 15) is 14.4 Å². The molecule has 18 heteroatoms. The quantitative estimate of drug-likeness (QED) is 0.0556. The molecule has 68 heavy (non-hydrogen) atoms. The van der Waals surface area contributed by atoms with Gasteiger partial charge >= 0.3 is 29.6 Å². The van der Waals surface area contributed by atoms with Crippen molar-refractivity contribution in [1.82, 2.24) is 50.5 Å². The third-order valence-electron chi connectivity index (χ3n) is 10.7. The van der Waals surface area contributed by atoms with Gasteiger partial charge in [-0.2, -0.15) is 20.2 Å². The number of aromatic nitrogens is 8. The van der Waals surface area contributed by atoms with Gasteiger partial charge in [0, 0.05) is 65.3 Å². The predicted octanol–water partition coefficient (Wildman–Crippen LogP) is 5.45. The molecule has 16 nitrogen and oxygen atoms in total. The van der Waals surface area contributed by atoms with E-state index in [0.29, 0.717) is 36.1 Å². The number of aryl methyl sites for hydroxylation is 2. The Bertz CT molecular complexity index is 2410. The minimum Gasteiger partial charge on any atom is -1.00 e. The summed E-state index contributed by atoms with van der Waals surface area (Å²) in [6, 6.07) is 28.9. The van der Waals surface area contributed by atoms with Gasteiger partial charge in [-0.3, -0.25) is 23.7 Å². The fraction of sp³-hybridized carbons (Fsp3) is 0.380. The Labute approximate surface area is 427 Å². The van der Waals surface area contributed by atoms with Crippen LogP contribution in [0.3, 0.4) is 0 Å². The molecule has 3 aromatic carbocycles. The van der Waals surface area contributed by atoms with E-state index < -0.39 is 11.6 Å². The number of carbonyl (C=O) groups excluding carboxylic acids is 3. The fourth-order valence-corrected chi connectivity index (χ4v) is 6.72. The number of Topliss-reactive ketones (excluding diaryl/α,β-unsaturated/α-hetero) is 1. The van der Waals surface area contributed by atoms with Crippen molar-refractivity contribution >= 4 is 26.4 Å². The summed E-state index contributed by atoms with van der Waals surface area (Å²) in [6.07, 6.45) is 9.83. The third-order valence-corrected chi connectivity index (χ3v) is 10.7. The molecule has 0 aliphatic rings. The molecule has 7 aromatic rings. The van der Waals surface area contributed by atoms with Gasteiger partial charge in [-0.05, 0) is 36.5 Å². The number of ketones is 1. The van der Waals surface area contributed by atoms with Crippen molar-refractivity contribution in [2.45, 2.75) is 111 Å². The van der Waals surface area contributed by atoms with Gasteiger partial charge < -0.3 is 26.8 Å². The molecule has 0 saturated carbocycles. The first-order valence-electron chi connectivity index (χ1n) is 21.4. The van der Waals surface area contributed by atoms with Gasteiger partial charge in [0.1, 0.15) is 11.3 Å². The summed E-state index contributed by atoms with van der Waals surface area (Å²) in [6.45, 7) is 10.4. The maximum Gasteiger partial charge on any atom is 1.00 e. The second kappa shape index (κ2) is 29.8. The van der Waals surface area contributed by atoms with Crippen LogP contribution >= 0.6 is 0 Å². The standard InChI is InChI=1S/C28H30N4O2.C15H23N5O2.C5H6N2O.2CH4.B.Na.H/c1-3-20(2)26-30-27(34-32-26)24(29)19-25(33)31-28(21-13-7-4-8-14-21,22-15-9-5-10-16-22)23-17-11-6-12-18-23;1-5-10(2)14-18-15(22-19-14)13(6-11(3)21)16-7-12-8-17-20(4)9-12;1-7-3-5(4-8)2-6-7;;;;;/h4-18,20,24H,3,19,29H2,1-2H3,(H,31,33);8-10,13,16H,5-7H2,1-4H3;2-4H,1H3;2*1H4;;;/q;;;;;;+1;-1/t20-,24-;10-,13-;;;;;;/m00....../s1. The van der Waals surface area contributed by atoms with Gasteiger partial charge in [-0.25, -0.2) is 0 Å². The minimum absolute atomic E-state index is 0. The Morgan fingerprint density at radius 3 is 1.60 bits per heavy atom. The van der Waals surface area contributed by atoms with Gasteiger partial charge in [-0.15, -0.1) is 0 Å². The number of nitrogens with two attached hydrogens (primary N) is 1. The summed E-state index contributed by atoms with van der Waals surface area (Å²) in [5.74, 6) is 2.31. The number of nitrogens with one attached hydrogen (secondary N) is 2. The molecule has 4 aromatic heterocycles. The van der Waals surface area contributed by atoms with Crippen LogP contribution in [0.4, 0.5) is 0 Å². The number of aldehydes is 1. The number of carbonyl (C=O) groups is 3. The van der Waals surface area contributed by atoms with Crippen LogP contribution in [-0.4, -0.2) is 66.2 Å². The molecule has 0 fully saturated rings. The molecule has 0 bridgehead atoms. The van der Waals surface area contributed by atoms with Gasteiger partial charge in [0.2, 0.25) is 17.7 Å². The number of hydrogen-bond donors (Lipinski definition) is 3. The van der Waals surface area contributed by atoms with E-state index in [0.717, 1.165) is 41.4 Å². The monoisotopic (exact) mass is 937 g/mol. The average Bonchev–Trinajstić information content (AvgIpc) is 4.16. The van der Waals surface area contributed by atoms with Crippen LogP contribution in [0.1, 0.15) is 157 Å². The summed E-state index contributed by atoms with van der Waals surface area (Å²) < 4.78 is 14.0. The van der Waals surface area contributed by atoms with Crippen molar-refractivity contribution in [2.75, 3.05) is 0 Å². The van der Waals surface area contributed by atoms with Crippen molar-refractivity contribution in [3.63, 3.8) is 0 Å². The zero-order valence-electron chi connectivity index (χ0n) is 40.2. The van der Waals surface area contributed by atoms with E-state index >= 15 is 0 Å². The molecule has 4 atom stereocenters. The zero-order chi connectivity index (χ0) is 46.1. The molecule has 0 aliphatic heterocycles. The first-order chi connectivity index (χ1) is 30.9. The van der Waals surface area contributed by atoms with Crippen LogP contribution < -0.4 is 45.9 Å². The molecular weight excluding hydrogens is 868 g/mol. The Balaban J connectivity index is 0.00000114. The van der Waals surface area contributed by atoms with Gasteiger partial charge in [-0.1, -0.05) is 144 Å². The Morgan fingerprint density at radius 1 is 0.750 bits per heavy atom. The van der Waals surface area contributed by atoms with Crippen molar-refractivity contribution in [3.05, 3.63) is 167 Å². The summed E-state index contributed by atoms with van der Waals surface area (Å²) in [5, 5.41) is 22.6. The minimum atomic E-state index is -0.892. The van der Waals surface area contributed by atoms with Gasteiger partial charge in [0.25, 0.3) is 0 Å². The largest absolute Gasteiger partial charge is 1.00 e. The van der Waals surface area contributed by atoms with E-state index in [1.165, 1.54) is 6.20 Å². The number of nitrogens with zero attached hydrogens (tertiary/aromatic N) is 8. The molecule has 4 heterocycles. The van der Waals surface area contributed by atoms with Crippen LogP contribution in [0.25, 0.3) is 0 Å². The smallest absolute Gasteiger partial charge is 1.00 e. The maximum atomic E-state index is 13.5. The van der Waals surface area contributed by atoms with Gasteiger partial charge in [0.15, 0.2) is 17.9 Å². The molecule has 3 radical (unpaired) electrons. The van der Waals surface area contributed by atoms with Gasteiger partial charge in [0.05, 0.1) is 36.5 Å². The topological polar surface area (TPSA) is 215 Å². The number of hydrogen-bond acceptors (Lipinski definition) is 13. The molecule has 0 spiro atoms. The molecular formula is C50H68BN11NaO5. The Hall–Kier alpha value is -5.85. The van der Waals surface area contributed by atoms with E-state index in [2.05, 4.69) is 61.9 Å². The first-order valence-corrected chi connectivity index (χ1v) is 21.4. The van der Waals surface area contributed by atoms with E-state index in [-0.39, 0.29) is 96.1 Å². The number of amides is 1. The van der Waals surface area contributed by atoms with Crippen molar-refractivity contribution in [1.29, 1.82) is 0 Å². The van der Waals surface area contributed by atoms with E-state index in [4.69, 9.17) is 14.8 Å². The fourth-order valence-electron chi connectivity index (χ4n) is 6.72. The Kier molecular flexibility index (Phi) is 26.4. The normalized spacial score (nSPS) is 12.2. The summed E-state index contributed by atoms with van der Waals surface area (Å²) >= 11 is 0. The SMILES string of the molecule is C.C.CC[C@H](C)c1noc([C@@H](N)CC(=O)NC(c2ccccc2)(c2ccccc2)c2ccccc2)n1.CC[C@H](C)c1noc([C@H](CC(C)=O)NCc2cnn(C)c2)n1.Cn1cc(C=O)cn1.[B].[H-].[Na+]. The van der Waals surface area contributed by atoms with Crippen molar-refractivity contribution in [2.24, 2.45) is 19.8 Å². The van der Waals surface area contributed by atoms with Crippen LogP contribution in [0, 0.1) is 0 Å². The molecule has 0 unspecified atom stereocenters. The molecule has 1 amide bonds. The van der Waals surface area contributed by atoms with Crippen LogP contribution in [0.2, 0.25) is 0 Å². The Morgan fingerprint density at radius 2 is 1.21 bits per heavy atom. The molecule has 7 rings (SSSR count). The second-order valence-corrected chi connectivity index (χ2v) is 15.7. The molecule has 0 saturated heterocycles. The van der Waals surface area contributed by atoms with Crippen LogP contribution in [0.15, 0.2) is 125 Å². The molecule has 0 aliphatic carbocycles. The molecule has 4 N–H and O–H groups in total. The summed E-state index contributed by atoms with van der Waals surface area (Å²) in [7, 11) is 3.64. The van der Waals surface area contributed by atoms with Crippen LogP contribution in [-0.2, 0) is 35.8 Å². The average molecular weight is 937 g/mol. The zero-order valence-corrected chi connectivity index (χ0v) is 41.2. The summed E-state index contributed by atoms with van der Waals surface area (Å²) in [5.41, 5.74) is 9.95. The first kappa shape index (κ1) is 60.2. The van der Waals surface area contributed by atoms with Crippen molar-refractivity contribution < 1.29 is 54.4 Å². The maximum absolute atomic E-state index is 13.5. The summed E-state index contributed by atoms with van der Waals surface area (Å²) in [4.78, 5) is 43.8. The van der Waals surface area contributed by atoms with E-state index in [1.807, 2.05) is 111 Å². The third kappa shape index (κ3) is 16.7. The second-order valence-electron chi connectivity index (χ2n) is 15.7. The predicted molar refractivity (Wildman–Crippen MR) is 262 cm³/mol. The number of benzene rings is 3. The van der Waals surface area contributed by atoms with E-state index in [1.54, 1.807) is 35.7 Å². The van der Waals surface area contributed by atoms with Crippen LogP contribution in [0.5, 0.6) is 0 Å².